The summed E-state index contributed by atoms with van der Waals surface area (Å²) in [6.45, 7) is 3.93. The van der Waals surface area contributed by atoms with Crippen LogP contribution in [0.2, 0.25) is 10.0 Å². The molecule has 0 aliphatic heterocycles. The van der Waals surface area contributed by atoms with Gasteiger partial charge in [0.2, 0.25) is 5.91 Å². The molecule has 1 aromatic carbocycles. The summed E-state index contributed by atoms with van der Waals surface area (Å²) in [5, 5.41) is 13.3. The van der Waals surface area contributed by atoms with Gasteiger partial charge in [-0.15, -0.1) is 0 Å². The second-order valence-corrected chi connectivity index (χ2v) is 4.81. The zero-order valence-electron chi connectivity index (χ0n) is 10.8. The summed E-state index contributed by atoms with van der Waals surface area (Å²) in [5.41, 5.74) is 0.412. The summed E-state index contributed by atoms with van der Waals surface area (Å²) in [7, 11) is 0. The van der Waals surface area contributed by atoms with Crippen LogP contribution in [0.1, 0.15) is 25.5 Å². The van der Waals surface area contributed by atoms with Crippen LogP contribution in [0, 0.1) is 0 Å². The van der Waals surface area contributed by atoms with Crippen LogP contribution in [0.15, 0.2) is 18.2 Å². The molecule has 2 unspecified atom stereocenters. The van der Waals surface area contributed by atoms with Crippen molar-refractivity contribution in [1.82, 2.24) is 5.32 Å². The first kappa shape index (κ1) is 16.2. The van der Waals surface area contributed by atoms with E-state index in [0.717, 1.165) is 0 Å². The molecular formula is C13H17Cl2NO3. The Morgan fingerprint density at radius 3 is 2.53 bits per heavy atom. The summed E-state index contributed by atoms with van der Waals surface area (Å²) in [4.78, 5) is 11.6. The van der Waals surface area contributed by atoms with Gasteiger partial charge in [-0.1, -0.05) is 29.3 Å². The topological polar surface area (TPSA) is 58.6 Å². The summed E-state index contributed by atoms with van der Waals surface area (Å²) >= 11 is 11.9. The van der Waals surface area contributed by atoms with Crippen LogP contribution in [0.5, 0.6) is 0 Å². The predicted octanol–water partition coefficient (Wildman–Crippen LogP) is 2.57. The molecule has 2 atom stereocenters. The summed E-state index contributed by atoms with van der Waals surface area (Å²) < 4.78 is 5.14. The quantitative estimate of drug-likeness (QED) is 0.849. The summed E-state index contributed by atoms with van der Waals surface area (Å²) in [5.74, 6) is -0.288. The predicted molar refractivity (Wildman–Crippen MR) is 75.5 cm³/mol. The molecule has 0 bridgehead atoms. The number of aliphatic hydroxyl groups excluding tert-OH is 1. The van der Waals surface area contributed by atoms with Gasteiger partial charge in [0, 0.05) is 28.8 Å². The van der Waals surface area contributed by atoms with Gasteiger partial charge in [-0.2, -0.15) is 0 Å². The number of rotatable bonds is 6. The molecule has 1 rings (SSSR count). The average Bonchev–Trinajstić information content (AvgIpc) is 2.36. The standard InChI is InChI=1S/C13H17Cl2NO3/c1-3-19-8(2)13(18)16-7-11(17)12-9(14)5-4-6-10(12)15/h4-6,8,11,17H,3,7H2,1-2H3,(H,16,18). The highest BCUT2D eigenvalue weighted by Gasteiger charge is 2.18. The highest BCUT2D eigenvalue weighted by molar-refractivity contribution is 6.36. The zero-order valence-corrected chi connectivity index (χ0v) is 12.3. The number of carbonyl (C=O) groups excluding carboxylic acids is 1. The number of hydrogen-bond acceptors (Lipinski definition) is 3. The molecule has 0 aliphatic carbocycles. The van der Waals surface area contributed by atoms with Crippen molar-refractivity contribution in [3.63, 3.8) is 0 Å². The Morgan fingerprint density at radius 2 is 2.00 bits per heavy atom. The Bertz CT molecular complexity index is 420. The Morgan fingerprint density at radius 1 is 1.42 bits per heavy atom. The maximum absolute atomic E-state index is 11.6. The second kappa shape index (κ2) is 7.70. The van der Waals surface area contributed by atoms with Crippen LogP contribution in [-0.2, 0) is 9.53 Å². The van der Waals surface area contributed by atoms with E-state index in [4.69, 9.17) is 27.9 Å². The molecule has 0 aliphatic rings. The molecule has 6 heteroatoms. The van der Waals surface area contributed by atoms with Crippen molar-refractivity contribution in [2.45, 2.75) is 26.1 Å². The maximum atomic E-state index is 11.6. The third-order valence-electron chi connectivity index (χ3n) is 2.59. The van der Waals surface area contributed by atoms with Gasteiger partial charge in [0.05, 0.1) is 6.10 Å². The monoisotopic (exact) mass is 305 g/mol. The lowest BCUT2D eigenvalue weighted by molar-refractivity contribution is -0.131. The molecule has 0 radical (unpaired) electrons. The van der Waals surface area contributed by atoms with E-state index in [1.807, 2.05) is 6.92 Å². The van der Waals surface area contributed by atoms with Crippen LogP contribution in [0.4, 0.5) is 0 Å². The first-order valence-electron chi connectivity index (χ1n) is 5.98. The molecule has 1 aromatic rings. The van der Waals surface area contributed by atoms with E-state index in [-0.39, 0.29) is 12.5 Å². The smallest absolute Gasteiger partial charge is 0.248 e. The number of halogens is 2. The molecule has 4 nitrogen and oxygen atoms in total. The second-order valence-electron chi connectivity index (χ2n) is 3.99. The van der Waals surface area contributed by atoms with E-state index in [1.165, 1.54) is 0 Å². The fourth-order valence-electron chi connectivity index (χ4n) is 1.60. The minimum atomic E-state index is -0.959. The van der Waals surface area contributed by atoms with Crippen molar-refractivity contribution in [3.8, 4) is 0 Å². The molecule has 0 saturated carbocycles. The molecule has 0 spiro atoms. The van der Waals surface area contributed by atoms with Gasteiger partial charge in [-0.25, -0.2) is 0 Å². The Hall–Kier alpha value is -0.810. The van der Waals surface area contributed by atoms with Crippen LogP contribution >= 0.6 is 23.2 Å². The van der Waals surface area contributed by atoms with Gasteiger partial charge in [-0.05, 0) is 26.0 Å². The van der Waals surface area contributed by atoms with Crippen molar-refractivity contribution < 1.29 is 14.6 Å². The van der Waals surface area contributed by atoms with Gasteiger partial charge in [0.1, 0.15) is 6.10 Å². The molecule has 2 N–H and O–H groups in total. The number of amides is 1. The molecule has 1 amide bonds. The van der Waals surface area contributed by atoms with Gasteiger partial charge < -0.3 is 15.2 Å². The SMILES string of the molecule is CCOC(C)C(=O)NCC(O)c1c(Cl)cccc1Cl. The van der Waals surface area contributed by atoms with Crippen molar-refractivity contribution in [2.24, 2.45) is 0 Å². The first-order chi connectivity index (χ1) is 8.97. The fraction of sp³-hybridized carbons (Fsp3) is 0.462. The van der Waals surface area contributed by atoms with E-state index >= 15 is 0 Å². The maximum Gasteiger partial charge on any atom is 0.248 e. The molecule has 19 heavy (non-hydrogen) atoms. The van der Waals surface area contributed by atoms with Gasteiger partial charge in [-0.3, -0.25) is 4.79 Å². The van der Waals surface area contributed by atoms with Gasteiger partial charge in [0.15, 0.2) is 0 Å². The molecule has 0 aromatic heterocycles. The molecule has 106 valence electrons. The van der Waals surface area contributed by atoms with E-state index in [1.54, 1.807) is 25.1 Å². The van der Waals surface area contributed by atoms with E-state index in [2.05, 4.69) is 5.32 Å². The van der Waals surface area contributed by atoms with Crippen LogP contribution in [0.25, 0.3) is 0 Å². The number of ether oxygens (including phenoxy) is 1. The van der Waals surface area contributed by atoms with Crippen molar-refractivity contribution >= 4 is 29.1 Å². The van der Waals surface area contributed by atoms with E-state index in [9.17, 15) is 9.90 Å². The van der Waals surface area contributed by atoms with Crippen molar-refractivity contribution in [3.05, 3.63) is 33.8 Å². The van der Waals surface area contributed by atoms with Crippen LogP contribution in [-0.4, -0.2) is 30.3 Å². The van der Waals surface area contributed by atoms with E-state index in [0.29, 0.717) is 22.2 Å². The van der Waals surface area contributed by atoms with Crippen LogP contribution in [0.3, 0.4) is 0 Å². The first-order valence-corrected chi connectivity index (χ1v) is 6.74. The number of benzene rings is 1. The number of aliphatic hydroxyl groups is 1. The molecule has 0 fully saturated rings. The van der Waals surface area contributed by atoms with Gasteiger partial charge in [0.25, 0.3) is 0 Å². The number of carbonyl (C=O) groups is 1. The lowest BCUT2D eigenvalue weighted by Gasteiger charge is -2.17. The third-order valence-corrected chi connectivity index (χ3v) is 3.25. The van der Waals surface area contributed by atoms with Crippen molar-refractivity contribution in [1.29, 1.82) is 0 Å². The Labute approximate surface area is 122 Å². The molecule has 0 saturated heterocycles. The number of hydrogen-bond donors (Lipinski definition) is 2. The largest absolute Gasteiger partial charge is 0.386 e. The molecule has 0 heterocycles. The van der Waals surface area contributed by atoms with E-state index < -0.39 is 12.2 Å². The zero-order chi connectivity index (χ0) is 14.4. The summed E-state index contributed by atoms with van der Waals surface area (Å²) in [6, 6.07) is 4.96. The van der Waals surface area contributed by atoms with Crippen LogP contribution < -0.4 is 5.32 Å². The minimum absolute atomic E-state index is 0.0275. The minimum Gasteiger partial charge on any atom is -0.386 e. The lowest BCUT2D eigenvalue weighted by atomic mass is 10.1. The highest BCUT2D eigenvalue weighted by Crippen LogP contribution is 2.29. The normalized spacial score (nSPS) is 13.9. The molecular weight excluding hydrogens is 289 g/mol. The Kier molecular flexibility index (Phi) is 6.58. The average molecular weight is 306 g/mol. The van der Waals surface area contributed by atoms with Crippen molar-refractivity contribution in [2.75, 3.05) is 13.2 Å². The van der Waals surface area contributed by atoms with Gasteiger partial charge >= 0.3 is 0 Å². The summed E-state index contributed by atoms with van der Waals surface area (Å²) in [6.07, 6.45) is -1.52. The fourth-order valence-corrected chi connectivity index (χ4v) is 2.25. The Balaban J connectivity index is 2.61. The highest BCUT2D eigenvalue weighted by atomic mass is 35.5. The number of nitrogens with one attached hydrogen (secondary N) is 1. The third kappa shape index (κ3) is 4.66. The lowest BCUT2D eigenvalue weighted by Crippen LogP contribution is -2.37.